The van der Waals surface area contributed by atoms with Crippen LogP contribution in [0, 0.1) is 18.6 Å². The fourth-order valence-corrected chi connectivity index (χ4v) is 1.01. The summed E-state index contributed by atoms with van der Waals surface area (Å²) in [6.07, 6.45) is -4.51. The van der Waals surface area contributed by atoms with E-state index in [-0.39, 0.29) is 5.56 Å². The monoisotopic (exact) mass is 225 g/mol. The van der Waals surface area contributed by atoms with Crippen molar-refractivity contribution in [2.45, 2.75) is 13.1 Å². The van der Waals surface area contributed by atoms with Crippen LogP contribution in [0.1, 0.15) is 5.56 Å². The lowest BCUT2D eigenvalue weighted by molar-refractivity contribution is -0.115. The fourth-order valence-electron chi connectivity index (χ4n) is 1.01. The zero-order chi connectivity index (χ0) is 11.6. The predicted molar refractivity (Wildman–Crippen MR) is 45.6 cm³/mol. The molecule has 15 heavy (non-hydrogen) atoms. The molecule has 0 radical (unpaired) electrons. The number of anilines is 1. The van der Waals surface area contributed by atoms with Crippen molar-refractivity contribution in [3.05, 3.63) is 29.3 Å². The van der Waals surface area contributed by atoms with Gasteiger partial charge in [-0.3, -0.25) is 0 Å². The maximum atomic E-state index is 13.2. The quantitative estimate of drug-likeness (QED) is 0.762. The van der Waals surface area contributed by atoms with Gasteiger partial charge < -0.3 is 5.32 Å². The second kappa shape index (κ2) is 4.04. The molecule has 0 bridgehead atoms. The number of rotatable bonds is 2. The first-order valence-electron chi connectivity index (χ1n) is 4.06. The Morgan fingerprint density at radius 1 is 1.20 bits per heavy atom. The smallest absolute Gasteiger partial charge is 0.372 e. The minimum absolute atomic E-state index is 0.0843. The third-order valence-electron chi connectivity index (χ3n) is 1.75. The second-order valence-corrected chi connectivity index (χ2v) is 3.02. The van der Waals surface area contributed by atoms with Crippen molar-refractivity contribution in [2.75, 3.05) is 11.9 Å². The first kappa shape index (κ1) is 11.7. The van der Waals surface area contributed by atoms with Crippen molar-refractivity contribution in [3.63, 3.8) is 0 Å². The molecule has 0 atom stereocenters. The van der Waals surface area contributed by atoms with Crippen LogP contribution < -0.4 is 5.32 Å². The molecule has 84 valence electrons. The van der Waals surface area contributed by atoms with E-state index in [4.69, 9.17) is 0 Å². The van der Waals surface area contributed by atoms with Crippen LogP contribution in [0.2, 0.25) is 0 Å². The standard InChI is InChI=1S/C9H8F5N/c1-5-2-3-6(10)8(7(5)11)15-4-9(12,13)14/h2-3,15H,4H2,1H3. The molecule has 6 heteroatoms. The highest BCUT2D eigenvalue weighted by Gasteiger charge is 2.27. The van der Waals surface area contributed by atoms with Gasteiger partial charge in [-0.1, -0.05) is 6.07 Å². The molecule has 0 saturated heterocycles. The molecule has 1 nitrogen and oxygen atoms in total. The Balaban J connectivity index is 2.90. The number of benzene rings is 1. The van der Waals surface area contributed by atoms with E-state index in [1.807, 2.05) is 0 Å². The van der Waals surface area contributed by atoms with Crippen LogP contribution in [0.15, 0.2) is 12.1 Å². The first-order valence-corrected chi connectivity index (χ1v) is 4.06. The Bertz CT molecular complexity index is 358. The number of alkyl halides is 3. The molecule has 0 aliphatic carbocycles. The molecular formula is C9H8F5N. The van der Waals surface area contributed by atoms with Crippen LogP contribution in [0.5, 0.6) is 0 Å². The SMILES string of the molecule is Cc1ccc(F)c(NCC(F)(F)F)c1F. The molecule has 0 heterocycles. The number of hydrogen-bond acceptors (Lipinski definition) is 1. The summed E-state index contributed by atoms with van der Waals surface area (Å²) in [5, 5.41) is 1.69. The van der Waals surface area contributed by atoms with E-state index in [9.17, 15) is 22.0 Å². The Morgan fingerprint density at radius 3 is 2.33 bits per heavy atom. The van der Waals surface area contributed by atoms with E-state index in [0.717, 1.165) is 12.1 Å². The van der Waals surface area contributed by atoms with Gasteiger partial charge in [0.05, 0.1) is 0 Å². The van der Waals surface area contributed by atoms with E-state index >= 15 is 0 Å². The van der Waals surface area contributed by atoms with Gasteiger partial charge in [0.15, 0.2) is 5.82 Å². The van der Waals surface area contributed by atoms with Crippen molar-refractivity contribution in [1.82, 2.24) is 0 Å². The van der Waals surface area contributed by atoms with Gasteiger partial charge in [0, 0.05) is 0 Å². The minimum Gasteiger partial charge on any atom is -0.372 e. The second-order valence-electron chi connectivity index (χ2n) is 3.02. The summed E-state index contributed by atoms with van der Waals surface area (Å²) >= 11 is 0. The van der Waals surface area contributed by atoms with Gasteiger partial charge in [-0.15, -0.1) is 0 Å². The minimum atomic E-state index is -4.51. The van der Waals surface area contributed by atoms with Gasteiger partial charge in [0.1, 0.15) is 18.0 Å². The lowest BCUT2D eigenvalue weighted by Crippen LogP contribution is -2.22. The Hall–Kier alpha value is -1.33. The van der Waals surface area contributed by atoms with Gasteiger partial charge in [-0.05, 0) is 18.6 Å². The van der Waals surface area contributed by atoms with Crippen LogP contribution in [0.4, 0.5) is 27.6 Å². The number of aryl methyl sites for hydroxylation is 1. The van der Waals surface area contributed by atoms with E-state index < -0.39 is 30.0 Å². The van der Waals surface area contributed by atoms with E-state index in [1.165, 1.54) is 6.92 Å². The fraction of sp³-hybridized carbons (Fsp3) is 0.333. The largest absolute Gasteiger partial charge is 0.405 e. The molecule has 1 N–H and O–H groups in total. The normalized spacial score (nSPS) is 11.6. The van der Waals surface area contributed by atoms with Gasteiger partial charge >= 0.3 is 6.18 Å². The number of halogens is 5. The summed E-state index contributed by atoms with van der Waals surface area (Å²) in [7, 11) is 0. The lowest BCUT2D eigenvalue weighted by atomic mass is 10.2. The molecule has 0 spiro atoms. The average Bonchev–Trinajstić information content (AvgIpc) is 2.10. The highest BCUT2D eigenvalue weighted by Crippen LogP contribution is 2.23. The van der Waals surface area contributed by atoms with Crippen molar-refractivity contribution in [1.29, 1.82) is 0 Å². The first-order chi connectivity index (χ1) is 6.81. The molecule has 0 unspecified atom stereocenters. The maximum absolute atomic E-state index is 13.2. The number of nitrogens with one attached hydrogen (secondary N) is 1. The molecule has 0 aromatic heterocycles. The zero-order valence-electron chi connectivity index (χ0n) is 7.75. The highest BCUT2D eigenvalue weighted by molar-refractivity contribution is 5.49. The van der Waals surface area contributed by atoms with Crippen LogP contribution in [-0.2, 0) is 0 Å². The molecule has 0 fully saturated rings. The molecule has 1 rings (SSSR count). The summed E-state index contributed by atoms with van der Waals surface area (Å²) in [6, 6.07) is 2.07. The Morgan fingerprint density at radius 2 is 1.80 bits per heavy atom. The van der Waals surface area contributed by atoms with Crippen LogP contribution >= 0.6 is 0 Å². The third-order valence-corrected chi connectivity index (χ3v) is 1.75. The zero-order valence-corrected chi connectivity index (χ0v) is 7.75. The molecule has 0 amide bonds. The summed E-state index contributed by atoms with van der Waals surface area (Å²) in [6.45, 7) is -0.127. The molecular weight excluding hydrogens is 217 g/mol. The lowest BCUT2D eigenvalue weighted by Gasteiger charge is -2.12. The average molecular weight is 225 g/mol. The Labute approximate surface area is 82.9 Å². The van der Waals surface area contributed by atoms with E-state index in [2.05, 4.69) is 0 Å². The molecule has 0 aliphatic heterocycles. The molecule has 1 aromatic carbocycles. The molecule has 1 aromatic rings. The summed E-state index contributed by atoms with van der Waals surface area (Å²) in [5.74, 6) is -2.04. The van der Waals surface area contributed by atoms with E-state index in [1.54, 1.807) is 5.32 Å². The topological polar surface area (TPSA) is 12.0 Å². The van der Waals surface area contributed by atoms with Gasteiger partial charge in [-0.2, -0.15) is 13.2 Å². The summed E-state index contributed by atoms with van der Waals surface area (Å²) in [5.41, 5.74) is -0.659. The highest BCUT2D eigenvalue weighted by atomic mass is 19.4. The van der Waals surface area contributed by atoms with Crippen LogP contribution in [0.3, 0.4) is 0 Å². The predicted octanol–water partition coefficient (Wildman–Crippen LogP) is 3.25. The van der Waals surface area contributed by atoms with Gasteiger partial charge in [0.2, 0.25) is 0 Å². The maximum Gasteiger partial charge on any atom is 0.405 e. The van der Waals surface area contributed by atoms with Crippen molar-refractivity contribution in [2.24, 2.45) is 0 Å². The van der Waals surface area contributed by atoms with Crippen molar-refractivity contribution >= 4 is 5.69 Å². The van der Waals surface area contributed by atoms with Crippen molar-refractivity contribution in [3.8, 4) is 0 Å². The van der Waals surface area contributed by atoms with Crippen LogP contribution in [-0.4, -0.2) is 12.7 Å². The van der Waals surface area contributed by atoms with Gasteiger partial charge in [0.25, 0.3) is 0 Å². The third kappa shape index (κ3) is 3.07. The van der Waals surface area contributed by atoms with Gasteiger partial charge in [-0.25, -0.2) is 8.78 Å². The van der Waals surface area contributed by atoms with Crippen molar-refractivity contribution < 1.29 is 22.0 Å². The summed E-state index contributed by atoms with van der Waals surface area (Å²) in [4.78, 5) is 0. The Kier molecular flexibility index (Phi) is 3.16. The van der Waals surface area contributed by atoms with Crippen LogP contribution in [0.25, 0.3) is 0 Å². The van der Waals surface area contributed by atoms with E-state index in [0.29, 0.717) is 0 Å². The number of hydrogen-bond donors (Lipinski definition) is 1. The molecule has 0 saturated carbocycles. The molecule has 0 aliphatic rings. The summed E-state index contributed by atoms with van der Waals surface area (Å²) < 4.78 is 61.5.